The van der Waals surface area contributed by atoms with E-state index in [1.807, 2.05) is 36.4 Å². The first-order valence-electron chi connectivity index (χ1n) is 7.88. The second kappa shape index (κ2) is 8.34. The summed E-state index contributed by atoms with van der Waals surface area (Å²) in [6.45, 7) is 0.381. The zero-order valence-corrected chi connectivity index (χ0v) is 16.4. The van der Waals surface area contributed by atoms with E-state index in [0.717, 1.165) is 15.7 Å². The largest absolute Gasteiger partial charge is 0.495 e. The monoisotopic (exact) mass is 430 g/mol. The van der Waals surface area contributed by atoms with Crippen molar-refractivity contribution in [2.24, 2.45) is 0 Å². The number of carbonyl (C=O) groups excluding carboxylic acids is 1. The van der Waals surface area contributed by atoms with Gasteiger partial charge in [0.2, 0.25) is 0 Å². The molecule has 1 amide bonds. The fourth-order valence-corrected chi connectivity index (χ4v) is 3.09. The zero-order chi connectivity index (χ0) is 18.5. The molecule has 0 bridgehead atoms. The van der Waals surface area contributed by atoms with E-state index in [1.54, 1.807) is 42.6 Å². The highest BCUT2D eigenvalue weighted by Gasteiger charge is 2.18. The predicted octanol–water partition coefficient (Wildman–Crippen LogP) is 5.35. The fraction of sp³-hybridized carbons (Fsp3) is 0.100. The lowest BCUT2D eigenvalue weighted by Gasteiger charge is -2.23. The molecule has 0 radical (unpaired) electrons. The van der Waals surface area contributed by atoms with Gasteiger partial charge in [0, 0.05) is 28.1 Å². The Morgan fingerprint density at radius 2 is 1.81 bits per heavy atom. The molecule has 3 aromatic rings. The third-order valence-corrected chi connectivity index (χ3v) is 4.69. The maximum atomic E-state index is 13.1. The molecule has 132 valence electrons. The summed E-state index contributed by atoms with van der Waals surface area (Å²) in [5.74, 6) is 0.493. The molecule has 26 heavy (non-hydrogen) atoms. The highest BCUT2D eigenvalue weighted by molar-refractivity contribution is 9.10. The maximum Gasteiger partial charge on any atom is 0.258 e. The predicted molar refractivity (Wildman–Crippen MR) is 107 cm³/mol. The summed E-state index contributed by atoms with van der Waals surface area (Å²) >= 11 is 9.66. The van der Waals surface area contributed by atoms with Crippen LogP contribution < -0.4 is 9.64 Å². The van der Waals surface area contributed by atoms with Gasteiger partial charge in [-0.25, -0.2) is 0 Å². The highest BCUT2D eigenvalue weighted by Crippen LogP contribution is 2.28. The molecular weight excluding hydrogens is 416 g/mol. The SMILES string of the molecule is COc1ccc(CN(C(=O)c2ccncc2)c2ccc(Br)cc2)cc1Cl. The number of pyridine rings is 1. The van der Waals surface area contributed by atoms with Crippen molar-refractivity contribution in [1.29, 1.82) is 0 Å². The smallest absolute Gasteiger partial charge is 0.258 e. The molecule has 6 heteroatoms. The van der Waals surface area contributed by atoms with E-state index in [2.05, 4.69) is 20.9 Å². The number of halogens is 2. The van der Waals surface area contributed by atoms with Gasteiger partial charge in [-0.15, -0.1) is 0 Å². The lowest BCUT2D eigenvalue weighted by molar-refractivity contribution is 0.0985. The molecule has 0 spiro atoms. The number of anilines is 1. The number of carbonyl (C=O) groups is 1. The number of hydrogen-bond acceptors (Lipinski definition) is 3. The summed E-state index contributed by atoms with van der Waals surface area (Å²) in [6, 6.07) is 16.5. The minimum absolute atomic E-state index is 0.110. The molecule has 0 N–H and O–H groups in total. The number of hydrogen-bond donors (Lipinski definition) is 0. The van der Waals surface area contributed by atoms with Crippen LogP contribution in [0.4, 0.5) is 5.69 Å². The number of rotatable bonds is 5. The summed E-state index contributed by atoms with van der Waals surface area (Å²) in [5, 5.41) is 0.511. The molecule has 1 heterocycles. The van der Waals surface area contributed by atoms with Crippen molar-refractivity contribution in [3.05, 3.63) is 87.6 Å². The molecule has 0 atom stereocenters. The van der Waals surface area contributed by atoms with Gasteiger partial charge in [-0.1, -0.05) is 33.6 Å². The van der Waals surface area contributed by atoms with Gasteiger partial charge in [0.15, 0.2) is 0 Å². The van der Waals surface area contributed by atoms with Gasteiger partial charge in [-0.05, 0) is 54.1 Å². The average molecular weight is 432 g/mol. The minimum atomic E-state index is -0.110. The number of methoxy groups -OCH3 is 1. The number of nitrogens with zero attached hydrogens (tertiary/aromatic N) is 2. The Kier molecular flexibility index (Phi) is 5.91. The van der Waals surface area contributed by atoms with Crippen LogP contribution in [0.3, 0.4) is 0 Å². The molecule has 0 aliphatic rings. The van der Waals surface area contributed by atoms with E-state index in [4.69, 9.17) is 16.3 Å². The van der Waals surface area contributed by atoms with Crippen molar-refractivity contribution in [2.75, 3.05) is 12.0 Å². The second-order valence-corrected chi connectivity index (χ2v) is 6.90. The van der Waals surface area contributed by atoms with Gasteiger partial charge in [-0.3, -0.25) is 9.78 Å². The third kappa shape index (κ3) is 4.23. The standard InChI is InChI=1S/C20H16BrClN2O2/c1-26-19-7-2-14(12-18(19)22)13-24(17-5-3-16(21)4-6-17)20(25)15-8-10-23-11-9-15/h2-12H,13H2,1H3. The first kappa shape index (κ1) is 18.4. The van der Waals surface area contributed by atoms with Gasteiger partial charge in [0.1, 0.15) is 5.75 Å². The Hall–Kier alpha value is -2.37. The molecule has 0 saturated heterocycles. The minimum Gasteiger partial charge on any atom is -0.495 e. The van der Waals surface area contributed by atoms with E-state index >= 15 is 0 Å². The summed E-state index contributed by atoms with van der Waals surface area (Å²) in [6.07, 6.45) is 3.22. The fourth-order valence-electron chi connectivity index (χ4n) is 2.54. The third-order valence-electron chi connectivity index (χ3n) is 3.87. The van der Waals surface area contributed by atoms with Crippen LogP contribution in [0.15, 0.2) is 71.5 Å². The normalized spacial score (nSPS) is 10.4. The molecule has 0 aliphatic heterocycles. The average Bonchev–Trinajstić information content (AvgIpc) is 2.67. The maximum absolute atomic E-state index is 13.1. The Morgan fingerprint density at radius 1 is 1.12 bits per heavy atom. The Balaban J connectivity index is 1.96. The molecule has 0 fully saturated rings. The Morgan fingerprint density at radius 3 is 2.42 bits per heavy atom. The number of ether oxygens (including phenoxy) is 1. The van der Waals surface area contributed by atoms with Crippen LogP contribution in [0.2, 0.25) is 5.02 Å². The number of amides is 1. The van der Waals surface area contributed by atoms with Crippen LogP contribution in [-0.2, 0) is 6.54 Å². The molecule has 0 aliphatic carbocycles. The quantitative estimate of drug-likeness (QED) is 0.546. The first-order valence-corrected chi connectivity index (χ1v) is 9.05. The molecule has 4 nitrogen and oxygen atoms in total. The molecule has 3 rings (SSSR count). The number of aromatic nitrogens is 1. The highest BCUT2D eigenvalue weighted by atomic mass is 79.9. The van der Waals surface area contributed by atoms with Gasteiger partial charge in [0.05, 0.1) is 18.7 Å². The summed E-state index contributed by atoms with van der Waals surface area (Å²) < 4.78 is 6.14. The van der Waals surface area contributed by atoms with Gasteiger partial charge >= 0.3 is 0 Å². The van der Waals surface area contributed by atoms with E-state index < -0.39 is 0 Å². The zero-order valence-electron chi connectivity index (χ0n) is 14.0. The van der Waals surface area contributed by atoms with E-state index in [-0.39, 0.29) is 5.91 Å². The molecule has 0 unspecified atom stereocenters. The summed E-state index contributed by atoms with van der Waals surface area (Å²) in [5.41, 5.74) is 2.27. The lowest BCUT2D eigenvalue weighted by Crippen LogP contribution is -2.30. The van der Waals surface area contributed by atoms with Crippen molar-refractivity contribution >= 4 is 39.1 Å². The van der Waals surface area contributed by atoms with Crippen molar-refractivity contribution in [2.45, 2.75) is 6.54 Å². The van der Waals surface area contributed by atoms with Crippen LogP contribution in [0.25, 0.3) is 0 Å². The van der Waals surface area contributed by atoms with Crippen LogP contribution in [0.1, 0.15) is 15.9 Å². The summed E-state index contributed by atoms with van der Waals surface area (Å²) in [7, 11) is 1.57. The molecule has 0 saturated carbocycles. The Bertz CT molecular complexity index is 901. The molecule has 1 aromatic heterocycles. The summed E-state index contributed by atoms with van der Waals surface area (Å²) in [4.78, 5) is 18.8. The van der Waals surface area contributed by atoms with Crippen molar-refractivity contribution in [1.82, 2.24) is 4.98 Å². The number of benzene rings is 2. The van der Waals surface area contributed by atoms with Crippen molar-refractivity contribution in [3.63, 3.8) is 0 Å². The van der Waals surface area contributed by atoms with Crippen LogP contribution in [0.5, 0.6) is 5.75 Å². The van der Waals surface area contributed by atoms with E-state index in [0.29, 0.717) is 22.9 Å². The first-order chi connectivity index (χ1) is 12.6. The lowest BCUT2D eigenvalue weighted by atomic mass is 10.1. The topological polar surface area (TPSA) is 42.4 Å². The molecule has 2 aromatic carbocycles. The van der Waals surface area contributed by atoms with Crippen LogP contribution in [-0.4, -0.2) is 18.0 Å². The molecular formula is C20H16BrClN2O2. The Labute approximate surface area is 165 Å². The van der Waals surface area contributed by atoms with Gasteiger partial charge < -0.3 is 9.64 Å². The van der Waals surface area contributed by atoms with Crippen LogP contribution >= 0.6 is 27.5 Å². The van der Waals surface area contributed by atoms with Crippen molar-refractivity contribution < 1.29 is 9.53 Å². The van der Waals surface area contributed by atoms with Gasteiger partial charge in [0.25, 0.3) is 5.91 Å². The van der Waals surface area contributed by atoms with E-state index in [1.165, 1.54) is 0 Å². The second-order valence-electron chi connectivity index (χ2n) is 5.57. The van der Waals surface area contributed by atoms with Crippen LogP contribution in [0, 0.1) is 0 Å². The van der Waals surface area contributed by atoms with E-state index in [9.17, 15) is 4.79 Å². The van der Waals surface area contributed by atoms with Crippen molar-refractivity contribution in [3.8, 4) is 5.75 Å². The van der Waals surface area contributed by atoms with Gasteiger partial charge in [-0.2, -0.15) is 0 Å².